The van der Waals surface area contributed by atoms with Crippen LogP contribution in [-0.2, 0) is 16.0 Å². The molecule has 2 rings (SSSR count). The highest BCUT2D eigenvalue weighted by Gasteiger charge is 2.24. The lowest BCUT2D eigenvalue weighted by atomic mass is 10.2. The van der Waals surface area contributed by atoms with Crippen molar-refractivity contribution in [2.24, 2.45) is 5.73 Å². The Bertz CT molecular complexity index is 414. The first kappa shape index (κ1) is 14.0. The van der Waals surface area contributed by atoms with Gasteiger partial charge in [-0.15, -0.1) is 5.10 Å². The molecule has 2 heterocycles. The van der Waals surface area contributed by atoms with Crippen LogP contribution in [-0.4, -0.2) is 58.6 Å². The predicted molar refractivity (Wildman–Crippen MR) is 69.5 cm³/mol. The van der Waals surface area contributed by atoms with Gasteiger partial charge < -0.3 is 15.4 Å². The van der Waals surface area contributed by atoms with E-state index < -0.39 is 0 Å². The summed E-state index contributed by atoms with van der Waals surface area (Å²) >= 11 is 0. The minimum Gasteiger partial charge on any atom is -0.378 e. The van der Waals surface area contributed by atoms with Gasteiger partial charge in [-0.05, 0) is 26.3 Å². The van der Waals surface area contributed by atoms with Gasteiger partial charge in [0.15, 0.2) is 0 Å². The van der Waals surface area contributed by atoms with Gasteiger partial charge in [-0.2, -0.15) is 0 Å². The van der Waals surface area contributed by atoms with E-state index in [1.807, 2.05) is 18.0 Å². The van der Waals surface area contributed by atoms with Crippen LogP contribution in [0.1, 0.15) is 25.1 Å². The second kappa shape index (κ2) is 6.63. The fraction of sp³-hybridized carbons (Fsp3) is 0.750. The Balaban J connectivity index is 1.95. The highest BCUT2D eigenvalue weighted by atomic mass is 16.5. The number of nitrogens with zero attached hydrogens (tertiary/aromatic N) is 4. The first-order valence-corrected chi connectivity index (χ1v) is 6.69. The third kappa shape index (κ3) is 3.51. The number of aromatic nitrogens is 3. The van der Waals surface area contributed by atoms with Gasteiger partial charge in [-0.1, -0.05) is 5.21 Å². The molecule has 1 atom stereocenters. The van der Waals surface area contributed by atoms with Crippen LogP contribution in [0, 0.1) is 0 Å². The van der Waals surface area contributed by atoms with Gasteiger partial charge in [0.1, 0.15) is 6.04 Å². The van der Waals surface area contributed by atoms with Crippen molar-refractivity contribution in [1.29, 1.82) is 0 Å². The minimum atomic E-state index is -0.322. The van der Waals surface area contributed by atoms with E-state index in [1.54, 1.807) is 4.68 Å². The highest BCUT2D eigenvalue weighted by Crippen LogP contribution is 2.11. The van der Waals surface area contributed by atoms with Crippen LogP contribution in [0.25, 0.3) is 0 Å². The molecule has 0 aliphatic carbocycles. The Kier molecular flexibility index (Phi) is 4.86. The standard InChI is InChI=1S/C12H21N5O2/c1-10(12(18)16-5-7-19-8-6-16)17-9-11(14-15-17)3-2-4-13/h9-10H,2-8,13H2,1H3. The van der Waals surface area contributed by atoms with E-state index in [9.17, 15) is 4.79 Å². The van der Waals surface area contributed by atoms with E-state index in [1.165, 1.54) is 0 Å². The van der Waals surface area contributed by atoms with Crippen LogP contribution >= 0.6 is 0 Å². The maximum absolute atomic E-state index is 12.3. The molecule has 1 fully saturated rings. The van der Waals surface area contributed by atoms with E-state index in [0.29, 0.717) is 32.8 Å². The third-order valence-electron chi connectivity index (χ3n) is 3.27. The Morgan fingerprint density at radius 3 is 2.95 bits per heavy atom. The summed E-state index contributed by atoms with van der Waals surface area (Å²) < 4.78 is 6.87. The molecule has 0 aromatic carbocycles. The lowest BCUT2D eigenvalue weighted by molar-refractivity contribution is -0.138. The van der Waals surface area contributed by atoms with Gasteiger partial charge >= 0.3 is 0 Å². The Hall–Kier alpha value is -1.47. The molecule has 1 aliphatic rings. The number of nitrogens with two attached hydrogens (primary N) is 1. The van der Waals surface area contributed by atoms with Crippen LogP contribution in [0.4, 0.5) is 0 Å². The quantitative estimate of drug-likeness (QED) is 0.783. The molecule has 7 heteroatoms. The topological polar surface area (TPSA) is 86.3 Å². The first-order valence-electron chi connectivity index (χ1n) is 6.69. The van der Waals surface area contributed by atoms with Crippen molar-refractivity contribution in [1.82, 2.24) is 19.9 Å². The fourth-order valence-corrected chi connectivity index (χ4v) is 2.06. The van der Waals surface area contributed by atoms with Crippen molar-refractivity contribution < 1.29 is 9.53 Å². The minimum absolute atomic E-state index is 0.0681. The summed E-state index contributed by atoms with van der Waals surface area (Å²) in [5, 5.41) is 8.10. The van der Waals surface area contributed by atoms with Gasteiger partial charge in [-0.25, -0.2) is 4.68 Å². The van der Waals surface area contributed by atoms with Gasteiger partial charge in [0.2, 0.25) is 5.91 Å². The molecule has 0 radical (unpaired) electrons. The Morgan fingerprint density at radius 2 is 2.26 bits per heavy atom. The number of hydrogen-bond donors (Lipinski definition) is 1. The second-order valence-corrected chi connectivity index (χ2v) is 4.70. The molecule has 19 heavy (non-hydrogen) atoms. The molecule has 106 valence electrons. The Labute approximate surface area is 112 Å². The molecule has 0 saturated carbocycles. The molecule has 1 aromatic heterocycles. The largest absolute Gasteiger partial charge is 0.378 e. The van der Waals surface area contributed by atoms with E-state index in [4.69, 9.17) is 10.5 Å². The zero-order valence-corrected chi connectivity index (χ0v) is 11.3. The van der Waals surface area contributed by atoms with Crippen LogP contribution in [0.5, 0.6) is 0 Å². The molecular weight excluding hydrogens is 246 g/mol. The predicted octanol–water partition coefficient (Wildman–Crippen LogP) is -0.411. The van der Waals surface area contributed by atoms with Gasteiger partial charge in [0, 0.05) is 19.3 Å². The number of amides is 1. The average molecular weight is 267 g/mol. The van der Waals surface area contributed by atoms with E-state index >= 15 is 0 Å². The van der Waals surface area contributed by atoms with Crippen molar-refractivity contribution in [2.45, 2.75) is 25.8 Å². The van der Waals surface area contributed by atoms with Crippen molar-refractivity contribution in [2.75, 3.05) is 32.8 Å². The summed E-state index contributed by atoms with van der Waals surface area (Å²) in [6.45, 7) is 5.00. The second-order valence-electron chi connectivity index (χ2n) is 4.70. The number of ether oxygens (including phenoxy) is 1. The number of aryl methyl sites for hydroxylation is 1. The van der Waals surface area contributed by atoms with Crippen LogP contribution < -0.4 is 5.73 Å². The summed E-state index contributed by atoms with van der Waals surface area (Å²) in [6.07, 6.45) is 3.51. The van der Waals surface area contributed by atoms with E-state index in [-0.39, 0.29) is 11.9 Å². The molecule has 1 amide bonds. The molecule has 1 saturated heterocycles. The first-order chi connectivity index (χ1) is 9.22. The number of hydrogen-bond acceptors (Lipinski definition) is 5. The summed E-state index contributed by atoms with van der Waals surface area (Å²) in [6, 6.07) is -0.322. The molecule has 1 unspecified atom stereocenters. The molecule has 1 aromatic rings. The van der Waals surface area contributed by atoms with Crippen molar-refractivity contribution in [3.63, 3.8) is 0 Å². The molecular formula is C12H21N5O2. The maximum Gasteiger partial charge on any atom is 0.247 e. The average Bonchev–Trinajstić information content (AvgIpc) is 2.93. The lowest BCUT2D eigenvalue weighted by Gasteiger charge is -2.29. The maximum atomic E-state index is 12.3. The molecule has 0 spiro atoms. The summed E-state index contributed by atoms with van der Waals surface area (Å²) in [5.74, 6) is 0.0681. The fourth-order valence-electron chi connectivity index (χ4n) is 2.06. The lowest BCUT2D eigenvalue weighted by Crippen LogP contribution is -2.43. The normalized spacial score (nSPS) is 17.5. The third-order valence-corrected chi connectivity index (χ3v) is 3.27. The van der Waals surface area contributed by atoms with E-state index in [0.717, 1.165) is 18.5 Å². The summed E-state index contributed by atoms with van der Waals surface area (Å²) in [5.41, 5.74) is 6.34. The number of carbonyl (C=O) groups excluding carboxylic acids is 1. The Morgan fingerprint density at radius 1 is 1.53 bits per heavy atom. The number of rotatable bonds is 5. The SMILES string of the molecule is CC(C(=O)N1CCOCC1)n1cc(CCCN)nn1. The molecule has 0 bridgehead atoms. The van der Waals surface area contributed by atoms with Crippen molar-refractivity contribution >= 4 is 5.91 Å². The highest BCUT2D eigenvalue weighted by molar-refractivity contribution is 5.80. The monoisotopic (exact) mass is 267 g/mol. The number of carbonyl (C=O) groups is 1. The van der Waals surface area contributed by atoms with Crippen LogP contribution in [0.15, 0.2) is 6.20 Å². The smallest absolute Gasteiger partial charge is 0.247 e. The summed E-state index contributed by atoms with van der Waals surface area (Å²) in [4.78, 5) is 14.1. The van der Waals surface area contributed by atoms with Crippen molar-refractivity contribution in [3.8, 4) is 0 Å². The molecule has 1 aliphatic heterocycles. The van der Waals surface area contributed by atoms with Crippen LogP contribution in [0.2, 0.25) is 0 Å². The molecule has 2 N–H and O–H groups in total. The molecule has 7 nitrogen and oxygen atoms in total. The van der Waals surface area contributed by atoms with Gasteiger partial charge in [0.25, 0.3) is 0 Å². The van der Waals surface area contributed by atoms with Crippen molar-refractivity contribution in [3.05, 3.63) is 11.9 Å². The van der Waals surface area contributed by atoms with Crippen LogP contribution in [0.3, 0.4) is 0 Å². The van der Waals surface area contributed by atoms with E-state index in [2.05, 4.69) is 10.3 Å². The zero-order chi connectivity index (χ0) is 13.7. The zero-order valence-electron chi connectivity index (χ0n) is 11.3. The van der Waals surface area contributed by atoms with Gasteiger partial charge in [0.05, 0.1) is 18.9 Å². The summed E-state index contributed by atoms with van der Waals surface area (Å²) in [7, 11) is 0. The number of morpholine rings is 1. The van der Waals surface area contributed by atoms with Gasteiger partial charge in [-0.3, -0.25) is 4.79 Å².